The van der Waals surface area contributed by atoms with Crippen molar-refractivity contribution < 1.29 is 5.11 Å². The third-order valence-corrected chi connectivity index (χ3v) is 3.81. The van der Waals surface area contributed by atoms with Gasteiger partial charge in [0.05, 0.1) is 18.3 Å². The minimum Gasteiger partial charge on any atom is -0.387 e. The largest absolute Gasteiger partial charge is 0.387 e. The molecule has 1 fully saturated rings. The fourth-order valence-electron chi connectivity index (χ4n) is 2.72. The maximum atomic E-state index is 10.6. The second-order valence-electron chi connectivity index (χ2n) is 5.46. The van der Waals surface area contributed by atoms with Crippen molar-refractivity contribution in [3.05, 3.63) is 42.5 Å². The van der Waals surface area contributed by atoms with Crippen LogP contribution in [0, 0.1) is 0 Å². The van der Waals surface area contributed by atoms with Gasteiger partial charge in [-0.25, -0.2) is 4.68 Å². The van der Waals surface area contributed by atoms with Crippen LogP contribution in [0.25, 0.3) is 0 Å². The van der Waals surface area contributed by atoms with Gasteiger partial charge in [0.25, 0.3) is 0 Å². The zero-order valence-electron chi connectivity index (χ0n) is 11.4. The van der Waals surface area contributed by atoms with Gasteiger partial charge in [0.15, 0.2) is 0 Å². The number of pyridine rings is 1. The van der Waals surface area contributed by atoms with Crippen molar-refractivity contribution in [2.45, 2.75) is 25.0 Å². The molecule has 0 aliphatic carbocycles. The lowest BCUT2D eigenvalue weighted by Gasteiger charge is -2.23. The first-order chi connectivity index (χ1) is 9.73. The number of β-amino-alcohol motifs (C(OH)–C–C–N with tert-alkyl or cyclic N) is 1. The van der Waals surface area contributed by atoms with E-state index in [2.05, 4.69) is 20.2 Å². The summed E-state index contributed by atoms with van der Waals surface area (Å²) in [7, 11) is 0. The Morgan fingerprint density at radius 1 is 1.25 bits per heavy atom. The molecule has 2 aromatic rings. The number of rotatable bonds is 5. The van der Waals surface area contributed by atoms with Gasteiger partial charge in [-0.15, -0.1) is 5.10 Å². The van der Waals surface area contributed by atoms with Crippen LogP contribution in [-0.2, 0) is 13.0 Å². The molecule has 6 heteroatoms. The fourth-order valence-corrected chi connectivity index (χ4v) is 2.72. The van der Waals surface area contributed by atoms with Gasteiger partial charge < -0.3 is 5.11 Å². The molecule has 2 aromatic heterocycles. The Labute approximate surface area is 118 Å². The summed E-state index contributed by atoms with van der Waals surface area (Å²) in [6.45, 7) is 3.09. The third-order valence-electron chi connectivity index (χ3n) is 3.81. The zero-order valence-corrected chi connectivity index (χ0v) is 11.4. The molecule has 0 aromatic carbocycles. The number of aliphatic hydroxyl groups is 1. The molecule has 0 amide bonds. The van der Waals surface area contributed by atoms with Crippen LogP contribution in [0.5, 0.6) is 0 Å². The normalized spacial score (nSPS) is 23.2. The molecule has 106 valence electrons. The number of hydrogen-bond donors (Lipinski definition) is 1. The highest BCUT2D eigenvalue weighted by Crippen LogP contribution is 2.23. The topological polar surface area (TPSA) is 67.1 Å². The maximum absolute atomic E-state index is 10.6. The van der Waals surface area contributed by atoms with Gasteiger partial charge in [-0.1, -0.05) is 5.21 Å². The number of nitrogens with zero attached hydrogens (tertiary/aromatic N) is 5. The molecule has 20 heavy (non-hydrogen) atoms. The summed E-state index contributed by atoms with van der Waals surface area (Å²) in [6.07, 6.45) is 8.84. The van der Waals surface area contributed by atoms with E-state index in [0.29, 0.717) is 13.1 Å². The first kappa shape index (κ1) is 13.2. The SMILES string of the molecule is OC1(Cn2ccnn2)CCN(CCc2ccncc2)C1. The first-order valence-corrected chi connectivity index (χ1v) is 6.91. The Kier molecular flexibility index (Phi) is 3.75. The van der Waals surface area contributed by atoms with E-state index in [1.165, 1.54) is 5.56 Å². The van der Waals surface area contributed by atoms with Gasteiger partial charge in [-0.3, -0.25) is 9.88 Å². The second kappa shape index (κ2) is 5.68. The summed E-state index contributed by atoms with van der Waals surface area (Å²) < 4.78 is 1.70. The van der Waals surface area contributed by atoms with E-state index in [0.717, 1.165) is 25.9 Å². The van der Waals surface area contributed by atoms with Crippen molar-refractivity contribution in [3.8, 4) is 0 Å². The lowest BCUT2D eigenvalue weighted by molar-refractivity contribution is 0.0283. The summed E-state index contributed by atoms with van der Waals surface area (Å²) in [5.41, 5.74) is 0.595. The quantitative estimate of drug-likeness (QED) is 0.851. The average molecular weight is 273 g/mol. The van der Waals surface area contributed by atoms with E-state index < -0.39 is 5.60 Å². The Morgan fingerprint density at radius 2 is 2.10 bits per heavy atom. The van der Waals surface area contributed by atoms with E-state index >= 15 is 0 Å². The predicted molar refractivity (Wildman–Crippen MR) is 74.0 cm³/mol. The monoisotopic (exact) mass is 273 g/mol. The predicted octanol–water partition coefficient (Wildman–Crippen LogP) is 0.353. The van der Waals surface area contributed by atoms with Crippen LogP contribution in [-0.4, -0.2) is 55.2 Å². The van der Waals surface area contributed by atoms with E-state index in [-0.39, 0.29) is 0 Å². The molecule has 1 N–H and O–H groups in total. The number of likely N-dealkylation sites (tertiary alicyclic amines) is 1. The first-order valence-electron chi connectivity index (χ1n) is 6.91. The molecule has 0 saturated carbocycles. The molecule has 1 saturated heterocycles. The molecule has 1 unspecified atom stereocenters. The zero-order chi connectivity index (χ0) is 13.8. The van der Waals surface area contributed by atoms with Gasteiger partial charge in [-0.2, -0.15) is 0 Å². The Hall–Kier alpha value is -1.79. The molecular weight excluding hydrogens is 254 g/mol. The van der Waals surface area contributed by atoms with Crippen molar-refractivity contribution in [3.63, 3.8) is 0 Å². The minimum atomic E-state index is -0.689. The summed E-state index contributed by atoms with van der Waals surface area (Å²) >= 11 is 0. The summed E-state index contributed by atoms with van der Waals surface area (Å²) in [5.74, 6) is 0. The highest BCUT2D eigenvalue weighted by Gasteiger charge is 2.36. The van der Waals surface area contributed by atoms with Gasteiger partial charge in [0.1, 0.15) is 0 Å². The Bertz CT molecular complexity index is 530. The van der Waals surface area contributed by atoms with E-state index in [4.69, 9.17) is 0 Å². The molecule has 1 aliphatic rings. The maximum Gasteiger partial charge on any atom is 0.0981 e. The van der Waals surface area contributed by atoms with Crippen molar-refractivity contribution in [2.75, 3.05) is 19.6 Å². The van der Waals surface area contributed by atoms with Crippen LogP contribution in [0.2, 0.25) is 0 Å². The smallest absolute Gasteiger partial charge is 0.0981 e. The molecule has 0 radical (unpaired) electrons. The van der Waals surface area contributed by atoms with Gasteiger partial charge >= 0.3 is 0 Å². The number of aromatic nitrogens is 4. The lowest BCUT2D eigenvalue weighted by atomic mass is 10.0. The molecule has 3 heterocycles. The van der Waals surface area contributed by atoms with Crippen molar-refractivity contribution >= 4 is 0 Å². The van der Waals surface area contributed by atoms with E-state index in [9.17, 15) is 5.11 Å². The highest BCUT2D eigenvalue weighted by atomic mass is 16.3. The molecule has 3 rings (SSSR count). The summed E-state index contributed by atoms with van der Waals surface area (Å²) in [6, 6.07) is 4.08. The highest BCUT2D eigenvalue weighted by molar-refractivity contribution is 5.10. The Balaban J connectivity index is 1.51. The second-order valence-corrected chi connectivity index (χ2v) is 5.46. The van der Waals surface area contributed by atoms with Crippen LogP contribution in [0.4, 0.5) is 0 Å². The van der Waals surface area contributed by atoms with Crippen LogP contribution < -0.4 is 0 Å². The van der Waals surface area contributed by atoms with Crippen LogP contribution >= 0.6 is 0 Å². The fraction of sp³-hybridized carbons (Fsp3) is 0.500. The molecule has 1 atom stereocenters. The van der Waals surface area contributed by atoms with Crippen LogP contribution in [0.3, 0.4) is 0 Å². The summed E-state index contributed by atoms with van der Waals surface area (Å²) in [5, 5.41) is 18.3. The van der Waals surface area contributed by atoms with Gasteiger partial charge in [0, 0.05) is 38.2 Å². The average Bonchev–Trinajstić information content (AvgIpc) is 3.08. The molecule has 6 nitrogen and oxygen atoms in total. The van der Waals surface area contributed by atoms with Crippen molar-refractivity contribution in [2.24, 2.45) is 0 Å². The summed E-state index contributed by atoms with van der Waals surface area (Å²) in [4.78, 5) is 6.32. The third kappa shape index (κ3) is 3.20. The van der Waals surface area contributed by atoms with Crippen molar-refractivity contribution in [1.82, 2.24) is 24.9 Å². The molecule has 0 spiro atoms. The van der Waals surface area contributed by atoms with Crippen LogP contribution in [0.15, 0.2) is 36.9 Å². The molecular formula is C14H19N5O. The standard InChI is InChI=1S/C14H19N5O/c20-14(12-19-10-7-16-17-19)4-9-18(11-14)8-3-13-1-5-15-6-2-13/h1-2,5-7,10,20H,3-4,8-9,11-12H2. The lowest BCUT2D eigenvalue weighted by Crippen LogP contribution is -2.38. The van der Waals surface area contributed by atoms with E-state index in [1.807, 2.05) is 24.5 Å². The molecule has 1 aliphatic heterocycles. The van der Waals surface area contributed by atoms with Gasteiger partial charge in [-0.05, 0) is 30.5 Å². The number of hydrogen-bond acceptors (Lipinski definition) is 5. The van der Waals surface area contributed by atoms with Crippen LogP contribution in [0.1, 0.15) is 12.0 Å². The Morgan fingerprint density at radius 3 is 2.85 bits per heavy atom. The minimum absolute atomic E-state index is 0.513. The van der Waals surface area contributed by atoms with E-state index in [1.54, 1.807) is 17.1 Å². The molecule has 0 bridgehead atoms. The van der Waals surface area contributed by atoms with Gasteiger partial charge in [0.2, 0.25) is 0 Å². The van der Waals surface area contributed by atoms with Crippen molar-refractivity contribution in [1.29, 1.82) is 0 Å².